The van der Waals surface area contributed by atoms with E-state index in [4.69, 9.17) is 5.73 Å². The fourth-order valence-corrected chi connectivity index (χ4v) is 7.14. The predicted octanol–water partition coefficient (Wildman–Crippen LogP) is 5.95. The van der Waals surface area contributed by atoms with Gasteiger partial charge in [0.05, 0.1) is 17.3 Å². The lowest BCUT2D eigenvalue weighted by Gasteiger charge is -2.46. The number of nitrogens with two attached hydrogens (primary N) is 1. The van der Waals surface area contributed by atoms with Crippen LogP contribution in [0.2, 0.25) is 0 Å². The summed E-state index contributed by atoms with van der Waals surface area (Å²) in [5.74, 6) is 1.35. The lowest BCUT2D eigenvalue weighted by atomic mass is 9.85. The number of pyridine rings is 1. The molecule has 234 valence electrons. The van der Waals surface area contributed by atoms with Gasteiger partial charge in [-0.25, -0.2) is 9.37 Å². The Kier molecular flexibility index (Phi) is 9.89. The monoisotopic (exact) mass is 590 g/mol. The number of imidazole rings is 1. The topological polar surface area (TPSA) is 70.1 Å². The fraction of sp³-hybridized carbons (Fsp3) is 0.600. The molecular weight excluding hydrogens is 539 g/mol. The van der Waals surface area contributed by atoms with Gasteiger partial charge in [0.15, 0.2) is 0 Å². The molecule has 8 heteroatoms. The maximum Gasteiger partial charge on any atom is 0.254 e. The van der Waals surface area contributed by atoms with Crippen LogP contribution in [0.5, 0.6) is 0 Å². The maximum atomic E-state index is 14.6. The van der Waals surface area contributed by atoms with Crippen molar-refractivity contribution in [2.45, 2.75) is 91.3 Å². The molecule has 1 aromatic carbocycles. The lowest BCUT2D eigenvalue weighted by molar-refractivity contribution is 0.0562. The van der Waals surface area contributed by atoms with E-state index >= 15 is 0 Å². The van der Waals surface area contributed by atoms with Crippen LogP contribution in [0.25, 0.3) is 16.6 Å². The van der Waals surface area contributed by atoms with Crippen LogP contribution in [0.1, 0.15) is 88.0 Å². The molecule has 2 fully saturated rings. The van der Waals surface area contributed by atoms with Crippen molar-refractivity contribution < 1.29 is 9.18 Å². The molecular formula is C35H51FN6O. The van der Waals surface area contributed by atoms with Gasteiger partial charge in [0.25, 0.3) is 5.91 Å². The van der Waals surface area contributed by atoms with Crippen molar-refractivity contribution in [3.8, 4) is 11.1 Å². The Morgan fingerprint density at radius 1 is 1.12 bits per heavy atom. The number of benzene rings is 1. The number of carbonyl (C=O) groups excluding carboxylic acids is 1. The summed E-state index contributed by atoms with van der Waals surface area (Å²) in [7, 11) is 0. The first-order valence-corrected chi connectivity index (χ1v) is 16.4. The molecule has 2 aliphatic heterocycles. The van der Waals surface area contributed by atoms with E-state index in [1.807, 2.05) is 33.9 Å². The van der Waals surface area contributed by atoms with Crippen LogP contribution in [0.3, 0.4) is 0 Å². The summed E-state index contributed by atoms with van der Waals surface area (Å²) in [6.07, 6.45) is 8.74. The lowest BCUT2D eigenvalue weighted by Crippen LogP contribution is -2.52. The van der Waals surface area contributed by atoms with Crippen molar-refractivity contribution in [2.24, 2.45) is 11.7 Å². The molecule has 0 aliphatic carbocycles. The molecule has 4 heterocycles. The Hall–Kier alpha value is -2.81. The number of piperidine rings is 1. The highest BCUT2D eigenvalue weighted by molar-refractivity contribution is 6.03. The molecule has 3 aromatic rings. The Morgan fingerprint density at radius 2 is 1.84 bits per heavy atom. The predicted molar refractivity (Wildman–Crippen MR) is 173 cm³/mol. The molecule has 0 bridgehead atoms. The molecule has 2 aromatic heterocycles. The molecule has 43 heavy (non-hydrogen) atoms. The van der Waals surface area contributed by atoms with Crippen LogP contribution in [0.15, 0.2) is 36.7 Å². The van der Waals surface area contributed by atoms with Crippen molar-refractivity contribution in [3.63, 3.8) is 0 Å². The summed E-state index contributed by atoms with van der Waals surface area (Å²) >= 11 is 0. The highest BCUT2D eigenvalue weighted by Gasteiger charge is 2.35. The third-order valence-corrected chi connectivity index (χ3v) is 9.80. The average molecular weight is 591 g/mol. The van der Waals surface area contributed by atoms with Crippen molar-refractivity contribution in [1.82, 2.24) is 24.1 Å². The number of hydrogen-bond donors (Lipinski definition) is 1. The van der Waals surface area contributed by atoms with E-state index in [2.05, 4.69) is 45.3 Å². The Bertz CT molecular complexity index is 1400. The molecule has 0 saturated carbocycles. The van der Waals surface area contributed by atoms with Crippen LogP contribution in [0.4, 0.5) is 4.39 Å². The van der Waals surface area contributed by atoms with Crippen LogP contribution in [-0.2, 0) is 0 Å². The van der Waals surface area contributed by atoms with Crippen LogP contribution < -0.4 is 5.73 Å². The molecule has 7 nitrogen and oxygen atoms in total. The van der Waals surface area contributed by atoms with E-state index in [1.54, 1.807) is 11.0 Å². The minimum Gasteiger partial charge on any atom is -0.336 e. The number of fused-ring (bicyclic) bond motifs is 1. The largest absolute Gasteiger partial charge is 0.336 e. The second-order valence-corrected chi connectivity index (χ2v) is 13.4. The normalized spacial score (nSPS) is 18.1. The van der Waals surface area contributed by atoms with E-state index < -0.39 is 5.82 Å². The summed E-state index contributed by atoms with van der Waals surface area (Å²) < 4.78 is 16.7. The van der Waals surface area contributed by atoms with Gasteiger partial charge in [-0.3, -0.25) is 9.69 Å². The molecule has 0 spiro atoms. The van der Waals surface area contributed by atoms with Crippen LogP contribution in [0, 0.1) is 18.7 Å². The standard InChI is InChI=1S/C35H51FN6O/c1-7-41(24(4)5)35(43)32-18-28(36)10-11-30(32)31-17-26(22-42-25(6)38-19-34(31)42)27-20-40(21-27)33(23(2)3)9-8-14-39-15-12-29(37)13-16-39/h10-11,17-19,22-24,27,29,33H,7-9,12-16,20-21,37H2,1-6H3/t33-/m1/s1. The quantitative estimate of drug-likeness (QED) is 0.299. The molecule has 0 unspecified atom stereocenters. The summed E-state index contributed by atoms with van der Waals surface area (Å²) in [4.78, 5) is 25.3. The van der Waals surface area contributed by atoms with E-state index in [0.29, 0.717) is 36.0 Å². The van der Waals surface area contributed by atoms with Gasteiger partial charge in [0.1, 0.15) is 11.6 Å². The average Bonchev–Trinajstić information content (AvgIpc) is 3.32. The molecule has 2 saturated heterocycles. The highest BCUT2D eigenvalue weighted by Crippen LogP contribution is 2.37. The first-order valence-electron chi connectivity index (χ1n) is 16.4. The Morgan fingerprint density at radius 3 is 2.49 bits per heavy atom. The van der Waals surface area contributed by atoms with Gasteiger partial charge >= 0.3 is 0 Å². The highest BCUT2D eigenvalue weighted by atomic mass is 19.1. The van der Waals surface area contributed by atoms with Crippen LogP contribution >= 0.6 is 0 Å². The minimum atomic E-state index is -0.401. The smallest absolute Gasteiger partial charge is 0.254 e. The van der Waals surface area contributed by atoms with Gasteiger partial charge in [-0.05, 0) is 108 Å². The number of amides is 1. The number of likely N-dealkylation sites (tertiary alicyclic amines) is 2. The minimum absolute atomic E-state index is 0.0187. The molecule has 0 radical (unpaired) electrons. The van der Waals surface area contributed by atoms with Crippen molar-refractivity contribution in [2.75, 3.05) is 39.3 Å². The second-order valence-electron chi connectivity index (χ2n) is 13.4. The van der Waals surface area contributed by atoms with Gasteiger partial charge in [-0.2, -0.15) is 0 Å². The number of aryl methyl sites for hydroxylation is 1. The zero-order chi connectivity index (χ0) is 30.8. The molecule has 1 atom stereocenters. The SMILES string of the molecule is CCN(C(=O)c1cc(F)ccc1-c1cc(C2CN([C@H](CCCN3CCC(N)CC3)C(C)C)C2)cn2c(C)ncc12)C(C)C. The summed E-state index contributed by atoms with van der Waals surface area (Å²) in [5, 5.41) is 0. The number of nitrogens with zero attached hydrogens (tertiary/aromatic N) is 5. The first-order chi connectivity index (χ1) is 20.6. The van der Waals surface area contributed by atoms with Crippen molar-refractivity contribution in [1.29, 1.82) is 0 Å². The Labute approximate surface area is 257 Å². The van der Waals surface area contributed by atoms with Gasteiger partial charge in [-0.1, -0.05) is 19.9 Å². The van der Waals surface area contributed by atoms with E-state index in [0.717, 1.165) is 68.0 Å². The Balaban J connectivity index is 1.37. The molecule has 2 aliphatic rings. The van der Waals surface area contributed by atoms with Gasteiger partial charge < -0.3 is 19.9 Å². The van der Waals surface area contributed by atoms with Crippen LogP contribution in [-0.4, -0.2) is 87.4 Å². The fourth-order valence-electron chi connectivity index (χ4n) is 7.14. The third-order valence-electron chi connectivity index (χ3n) is 9.80. The van der Waals surface area contributed by atoms with Gasteiger partial charge in [0, 0.05) is 55.4 Å². The van der Waals surface area contributed by atoms with E-state index in [1.165, 1.54) is 30.5 Å². The maximum absolute atomic E-state index is 14.6. The van der Waals surface area contributed by atoms with E-state index in [9.17, 15) is 9.18 Å². The zero-order valence-corrected chi connectivity index (χ0v) is 27.0. The van der Waals surface area contributed by atoms with E-state index in [-0.39, 0.29) is 11.9 Å². The summed E-state index contributed by atoms with van der Waals surface area (Å²) in [5.41, 5.74) is 10.4. The van der Waals surface area contributed by atoms with Crippen molar-refractivity contribution >= 4 is 11.4 Å². The first kappa shape index (κ1) is 31.6. The van der Waals surface area contributed by atoms with Gasteiger partial charge in [-0.15, -0.1) is 0 Å². The number of rotatable bonds is 11. The van der Waals surface area contributed by atoms with Crippen molar-refractivity contribution in [3.05, 3.63) is 59.4 Å². The summed E-state index contributed by atoms with van der Waals surface area (Å²) in [6.45, 7) is 18.7. The molecule has 5 rings (SSSR count). The number of hydrogen-bond acceptors (Lipinski definition) is 5. The number of halogens is 1. The third kappa shape index (κ3) is 6.81. The molecule has 1 amide bonds. The zero-order valence-electron chi connectivity index (χ0n) is 27.0. The summed E-state index contributed by atoms with van der Waals surface area (Å²) in [6, 6.07) is 7.80. The number of carbonyl (C=O) groups is 1. The molecule has 2 N–H and O–H groups in total. The second kappa shape index (κ2) is 13.4. The number of aromatic nitrogens is 2. The van der Waals surface area contributed by atoms with Gasteiger partial charge in [0.2, 0.25) is 0 Å².